The number of aliphatic hydroxyl groups is 1. The molecule has 0 aliphatic heterocycles. The van der Waals surface area contributed by atoms with Crippen LogP contribution in [0.5, 0.6) is 0 Å². The van der Waals surface area contributed by atoms with Gasteiger partial charge in [-0.3, -0.25) is 10.2 Å². The van der Waals surface area contributed by atoms with E-state index in [-0.39, 0.29) is 5.91 Å². The highest BCUT2D eigenvalue weighted by Crippen LogP contribution is 2.14. The standard InChI is InChI=1S/C6H14N2O2/c1-4(5(9)8-7)6(2,3)10/h4,10H,7H2,1-3H3,(H,8,9)/t4-/m1/s1. The van der Waals surface area contributed by atoms with Crippen LogP contribution in [-0.4, -0.2) is 16.6 Å². The van der Waals surface area contributed by atoms with Gasteiger partial charge in [0.2, 0.25) is 5.91 Å². The molecule has 10 heavy (non-hydrogen) atoms. The Balaban J connectivity index is 4.08. The maximum Gasteiger partial charge on any atom is 0.239 e. The zero-order valence-corrected chi connectivity index (χ0v) is 6.51. The number of hydrogen-bond donors (Lipinski definition) is 3. The van der Waals surface area contributed by atoms with Crippen molar-refractivity contribution in [2.24, 2.45) is 11.8 Å². The average molecular weight is 146 g/mol. The van der Waals surface area contributed by atoms with E-state index in [0.29, 0.717) is 0 Å². The number of nitrogens with two attached hydrogens (primary N) is 1. The van der Waals surface area contributed by atoms with Crippen molar-refractivity contribution in [1.29, 1.82) is 0 Å². The molecular formula is C6H14N2O2. The summed E-state index contributed by atoms with van der Waals surface area (Å²) in [7, 11) is 0. The van der Waals surface area contributed by atoms with E-state index >= 15 is 0 Å². The van der Waals surface area contributed by atoms with Crippen LogP contribution in [0.25, 0.3) is 0 Å². The third-order valence-corrected chi connectivity index (χ3v) is 1.60. The van der Waals surface area contributed by atoms with E-state index in [1.165, 1.54) is 0 Å². The van der Waals surface area contributed by atoms with Gasteiger partial charge in [-0.15, -0.1) is 0 Å². The largest absolute Gasteiger partial charge is 0.390 e. The van der Waals surface area contributed by atoms with Gasteiger partial charge in [-0.05, 0) is 13.8 Å². The summed E-state index contributed by atoms with van der Waals surface area (Å²) in [5.41, 5.74) is 0.962. The van der Waals surface area contributed by atoms with Gasteiger partial charge < -0.3 is 5.11 Å². The highest BCUT2D eigenvalue weighted by Gasteiger charge is 2.27. The normalized spacial score (nSPS) is 14.5. The zero-order valence-electron chi connectivity index (χ0n) is 6.51. The molecule has 0 aliphatic carbocycles. The summed E-state index contributed by atoms with van der Waals surface area (Å²) in [6.07, 6.45) is 0. The summed E-state index contributed by atoms with van der Waals surface area (Å²) in [5.74, 6) is 4.02. The fraction of sp³-hybridized carbons (Fsp3) is 0.833. The van der Waals surface area contributed by atoms with Crippen LogP contribution in [0.15, 0.2) is 0 Å². The van der Waals surface area contributed by atoms with Gasteiger partial charge in [-0.25, -0.2) is 5.84 Å². The molecule has 0 fully saturated rings. The molecular weight excluding hydrogens is 132 g/mol. The summed E-state index contributed by atoms with van der Waals surface area (Å²) < 4.78 is 0. The molecule has 60 valence electrons. The van der Waals surface area contributed by atoms with Crippen LogP contribution in [0, 0.1) is 5.92 Å². The van der Waals surface area contributed by atoms with Gasteiger partial charge in [0, 0.05) is 0 Å². The summed E-state index contributed by atoms with van der Waals surface area (Å²) in [4.78, 5) is 10.8. The van der Waals surface area contributed by atoms with Crippen LogP contribution in [0.4, 0.5) is 0 Å². The second kappa shape index (κ2) is 2.98. The second-order valence-electron chi connectivity index (χ2n) is 2.88. The van der Waals surface area contributed by atoms with Gasteiger partial charge in [-0.2, -0.15) is 0 Å². The highest BCUT2D eigenvalue weighted by molar-refractivity contribution is 5.78. The Hall–Kier alpha value is -0.610. The number of amides is 1. The lowest BCUT2D eigenvalue weighted by atomic mass is 9.92. The lowest BCUT2D eigenvalue weighted by Crippen LogP contribution is -2.44. The van der Waals surface area contributed by atoms with Crippen molar-refractivity contribution >= 4 is 5.91 Å². The predicted octanol–water partition coefficient (Wildman–Crippen LogP) is -0.617. The van der Waals surface area contributed by atoms with Crippen LogP contribution in [0.1, 0.15) is 20.8 Å². The fourth-order valence-electron chi connectivity index (χ4n) is 0.446. The van der Waals surface area contributed by atoms with E-state index in [4.69, 9.17) is 5.84 Å². The van der Waals surface area contributed by atoms with Crippen LogP contribution in [-0.2, 0) is 4.79 Å². The van der Waals surface area contributed by atoms with E-state index in [2.05, 4.69) is 0 Å². The minimum absolute atomic E-state index is 0.354. The van der Waals surface area contributed by atoms with Gasteiger partial charge in [-0.1, -0.05) is 6.92 Å². The van der Waals surface area contributed by atoms with Gasteiger partial charge in [0.1, 0.15) is 0 Å². The number of nitrogens with one attached hydrogen (secondary N) is 1. The molecule has 0 unspecified atom stereocenters. The first-order chi connectivity index (χ1) is 4.39. The molecule has 0 aromatic heterocycles. The van der Waals surface area contributed by atoms with E-state index < -0.39 is 11.5 Å². The first kappa shape index (κ1) is 9.39. The first-order valence-corrected chi connectivity index (χ1v) is 3.12. The molecule has 0 saturated heterocycles. The molecule has 4 nitrogen and oxygen atoms in total. The quantitative estimate of drug-likeness (QED) is 0.276. The third kappa shape index (κ3) is 2.33. The molecule has 4 heteroatoms. The van der Waals surface area contributed by atoms with Gasteiger partial charge >= 0.3 is 0 Å². The predicted molar refractivity (Wildman–Crippen MR) is 37.8 cm³/mol. The van der Waals surface area contributed by atoms with Crippen LogP contribution < -0.4 is 11.3 Å². The Kier molecular flexibility index (Phi) is 2.80. The molecule has 0 bridgehead atoms. The Labute approximate surface area is 60.4 Å². The number of rotatable bonds is 2. The lowest BCUT2D eigenvalue weighted by Gasteiger charge is -2.23. The van der Waals surface area contributed by atoms with Crippen molar-refractivity contribution in [2.45, 2.75) is 26.4 Å². The first-order valence-electron chi connectivity index (χ1n) is 3.12. The van der Waals surface area contributed by atoms with Crippen molar-refractivity contribution in [2.75, 3.05) is 0 Å². The Morgan fingerprint density at radius 1 is 1.70 bits per heavy atom. The van der Waals surface area contributed by atoms with E-state index in [1.807, 2.05) is 5.43 Å². The molecule has 0 spiro atoms. The van der Waals surface area contributed by atoms with Crippen LogP contribution in [0.2, 0.25) is 0 Å². The molecule has 4 N–H and O–H groups in total. The van der Waals surface area contributed by atoms with Gasteiger partial charge in [0.15, 0.2) is 0 Å². The summed E-state index contributed by atoms with van der Waals surface area (Å²) in [6.45, 7) is 4.74. The maximum atomic E-state index is 10.8. The summed E-state index contributed by atoms with van der Waals surface area (Å²) >= 11 is 0. The number of hydrazine groups is 1. The molecule has 0 aromatic rings. The smallest absolute Gasteiger partial charge is 0.239 e. The van der Waals surface area contributed by atoms with Crippen molar-refractivity contribution in [3.63, 3.8) is 0 Å². The lowest BCUT2D eigenvalue weighted by molar-refractivity contribution is -0.131. The maximum absolute atomic E-state index is 10.8. The number of carbonyl (C=O) groups is 1. The zero-order chi connectivity index (χ0) is 8.36. The minimum Gasteiger partial charge on any atom is -0.390 e. The monoisotopic (exact) mass is 146 g/mol. The Bertz CT molecular complexity index is 128. The number of hydrogen-bond acceptors (Lipinski definition) is 3. The average Bonchev–Trinajstić information content (AvgIpc) is 1.83. The molecule has 0 heterocycles. The molecule has 0 radical (unpaired) electrons. The van der Waals surface area contributed by atoms with Crippen LogP contribution in [0.3, 0.4) is 0 Å². The van der Waals surface area contributed by atoms with E-state index in [1.54, 1.807) is 20.8 Å². The SMILES string of the molecule is C[C@H](C(=O)NN)C(C)(C)O. The minimum atomic E-state index is -1.01. The molecule has 0 saturated carbocycles. The van der Waals surface area contributed by atoms with E-state index in [0.717, 1.165) is 0 Å². The molecule has 0 aliphatic rings. The summed E-state index contributed by atoms with van der Waals surface area (Å²) in [5, 5.41) is 9.27. The molecule has 0 rings (SSSR count). The topological polar surface area (TPSA) is 75.4 Å². The van der Waals surface area contributed by atoms with Crippen molar-refractivity contribution in [1.82, 2.24) is 5.43 Å². The Morgan fingerprint density at radius 2 is 2.10 bits per heavy atom. The van der Waals surface area contributed by atoms with Gasteiger partial charge in [0.05, 0.1) is 11.5 Å². The fourth-order valence-corrected chi connectivity index (χ4v) is 0.446. The third-order valence-electron chi connectivity index (χ3n) is 1.60. The summed E-state index contributed by atoms with van der Waals surface area (Å²) in [6, 6.07) is 0. The second-order valence-corrected chi connectivity index (χ2v) is 2.88. The van der Waals surface area contributed by atoms with Gasteiger partial charge in [0.25, 0.3) is 0 Å². The molecule has 1 atom stereocenters. The number of carbonyl (C=O) groups excluding carboxylic acids is 1. The van der Waals surface area contributed by atoms with Crippen molar-refractivity contribution in [3.05, 3.63) is 0 Å². The van der Waals surface area contributed by atoms with Crippen LogP contribution >= 0.6 is 0 Å². The van der Waals surface area contributed by atoms with Crippen molar-refractivity contribution < 1.29 is 9.90 Å². The highest BCUT2D eigenvalue weighted by atomic mass is 16.3. The molecule has 1 amide bonds. The molecule has 0 aromatic carbocycles. The van der Waals surface area contributed by atoms with E-state index in [9.17, 15) is 9.90 Å². The Morgan fingerprint density at radius 3 is 2.20 bits per heavy atom. The van der Waals surface area contributed by atoms with Crippen molar-refractivity contribution in [3.8, 4) is 0 Å².